The van der Waals surface area contributed by atoms with Crippen LogP contribution in [0.5, 0.6) is 0 Å². The summed E-state index contributed by atoms with van der Waals surface area (Å²) in [5, 5.41) is 0. The van der Waals surface area contributed by atoms with Gasteiger partial charge in [-0.1, -0.05) is 26.0 Å². The van der Waals surface area contributed by atoms with Crippen LogP contribution < -0.4 is 4.72 Å². The van der Waals surface area contributed by atoms with Gasteiger partial charge in [0, 0.05) is 11.4 Å². The van der Waals surface area contributed by atoms with E-state index in [2.05, 4.69) is 9.71 Å². The highest BCUT2D eigenvalue weighted by Crippen LogP contribution is 2.22. The SMILES string of the molecule is CC.CNS(=O)(=O)c1ccc(-c2cc(C)nc(C)c2)cc1. The van der Waals surface area contributed by atoms with Crippen LogP contribution >= 0.6 is 0 Å². The first kappa shape index (κ1) is 17.3. The molecule has 1 heterocycles. The zero-order valence-corrected chi connectivity index (χ0v) is 14.0. The van der Waals surface area contributed by atoms with E-state index < -0.39 is 10.0 Å². The Hall–Kier alpha value is -1.72. The van der Waals surface area contributed by atoms with Crippen LogP contribution in [0.15, 0.2) is 41.3 Å². The lowest BCUT2D eigenvalue weighted by Gasteiger charge is -2.06. The number of nitrogens with one attached hydrogen (secondary N) is 1. The second-order valence-electron chi connectivity index (χ2n) is 4.37. The summed E-state index contributed by atoms with van der Waals surface area (Å²) in [4.78, 5) is 4.59. The van der Waals surface area contributed by atoms with E-state index in [1.807, 2.05) is 39.8 Å². The van der Waals surface area contributed by atoms with E-state index in [0.29, 0.717) is 0 Å². The van der Waals surface area contributed by atoms with E-state index in [1.165, 1.54) is 7.05 Å². The third kappa shape index (κ3) is 4.37. The molecule has 0 spiro atoms. The summed E-state index contributed by atoms with van der Waals surface area (Å²) in [5.41, 5.74) is 3.91. The second kappa shape index (κ2) is 7.33. The standard InChI is InChI=1S/C14H16N2O2S.C2H6/c1-10-8-13(9-11(2)16-10)12-4-6-14(7-5-12)19(17,18)15-3;1-2/h4-9,15H,1-3H3;1-2H3. The molecule has 21 heavy (non-hydrogen) atoms. The van der Waals surface area contributed by atoms with Crippen LogP contribution in [0.2, 0.25) is 0 Å². The second-order valence-corrected chi connectivity index (χ2v) is 6.26. The van der Waals surface area contributed by atoms with Crippen molar-refractivity contribution in [2.75, 3.05) is 7.05 Å². The summed E-state index contributed by atoms with van der Waals surface area (Å²) in [6.45, 7) is 7.88. The van der Waals surface area contributed by atoms with Crippen molar-refractivity contribution >= 4 is 10.0 Å². The highest BCUT2D eigenvalue weighted by molar-refractivity contribution is 7.89. The summed E-state index contributed by atoms with van der Waals surface area (Å²) in [5.74, 6) is 0. The lowest BCUT2D eigenvalue weighted by atomic mass is 10.1. The first-order chi connectivity index (χ1) is 9.92. The van der Waals surface area contributed by atoms with Gasteiger partial charge in [-0.2, -0.15) is 0 Å². The van der Waals surface area contributed by atoms with Crippen LogP contribution in [-0.2, 0) is 10.0 Å². The van der Waals surface area contributed by atoms with Crippen LogP contribution in [0.25, 0.3) is 11.1 Å². The molecule has 4 nitrogen and oxygen atoms in total. The van der Waals surface area contributed by atoms with E-state index in [0.717, 1.165) is 22.5 Å². The largest absolute Gasteiger partial charge is 0.258 e. The Morgan fingerprint density at radius 2 is 1.38 bits per heavy atom. The quantitative estimate of drug-likeness (QED) is 0.946. The van der Waals surface area contributed by atoms with E-state index >= 15 is 0 Å². The molecule has 0 unspecified atom stereocenters. The van der Waals surface area contributed by atoms with Gasteiger partial charge in [0.2, 0.25) is 10.0 Å². The number of aromatic nitrogens is 1. The Balaban J connectivity index is 0.00000106. The number of pyridine rings is 1. The maximum atomic E-state index is 11.6. The minimum Gasteiger partial charge on any atom is -0.258 e. The van der Waals surface area contributed by atoms with Crippen molar-refractivity contribution in [1.29, 1.82) is 0 Å². The van der Waals surface area contributed by atoms with Crippen LogP contribution in [0.1, 0.15) is 25.2 Å². The summed E-state index contributed by atoms with van der Waals surface area (Å²) >= 11 is 0. The maximum absolute atomic E-state index is 11.6. The topological polar surface area (TPSA) is 59.1 Å². The van der Waals surface area contributed by atoms with Gasteiger partial charge < -0.3 is 0 Å². The van der Waals surface area contributed by atoms with Gasteiger partial charge in [-0.05, 0) is 56.3 Å². The molecule has 1 aromatic heterocycles. The molecule has 0 aliphatic rings. The molecule has 0 aliphatic heterocycles. The Bertz CT molecular complexity index is 672. The Morgan fingerprint density at radius 1 is 0.905 bits per heavy atom. The number of hydrogen-bond donors (Lipinski definition) is 1. The minimum atomic E-state index is -3.38. The molecule has 0 saturated heterocycles. The number of hydrogen-bond acceptors (Lipinski definition) is 3. The van der Waals surface area contributed by atoms with Gasteiger partial charge in [0.05, 0.1) is 4.90 Å². The van der Waals surface area contributed by atoms with Gasteiger partial charge in [-0.25, -0.2) is 13.1 Å². The third-order valence-electron chi connectivity index (χ3n) is 2.85. The fourth-order valence-corrected chi connectivity index (χ4v) is 2.68. The van der Waals surface area contributed by atoms with Gasteiger partial charge in [-0.15, -0.1) is 0 Å². The number of rotatable bonds is 3. The van der Waals surface area contributed by atoms with Crippen LogP contribution in [0.4, 0.5) is 0 Å². The smallest absolute Gasteiger partial charge is 0.240 e. The third-order valence-corrected chi connectivity index (χ3v) is 4.28. The molecule has 2 aromatic rings. The molecular formula is C16H22N2O2S. The Morgan fingerprint density at radius 3 is 1.81 bits per heavy atom. The zero-order valence-electron chi connectivity index (χ0n) is 13.1. The molecular weight excluding hydrogens is 284 g/mol. The molecule has 0 bridgehead atoms. The van der Waals surface area contributed by atoms with Gasteiger partial charge in [0.1, 0.15) is 0 Å². The van der Waals surface area contributed by atoms with Crippen molar-refractivity contribution < 1.29 is 8.42 Å². The van der Waals surface area contributed by atoms with Crippen molar-refractivity contribution in [2.45, 2.75) is 32.6 Å². The van der Waals surface area contributed by atoms with Crippen molar-refractivity contribution in [3.8, 4) is 11.1 Å². The van der Waals surface area contributed by atoms with Crippen LogP contribution in [0.3, 0.4) is 0 Å². The maximum Gasteiger partial charge on any atom is 0.240 e. The van der Waals surface area contributed by atoms with Crippen molar-refractivity contribution in [3.05, 3.63) is 47.8 Å². The van der Waals surface area contributed by atoms with Gasteiger partial charge in [0.15, 0.2) is 0 Å². The summed E-state index contributed by atoms with van der Waals surface area (Å²) in [6, 6.07) is 10.8. The monoisotopic (exact) mass is 306 g/mol. The molecule has 5 heteroatoms. The summed E-state index contributed by atoms with van der Waals surface area (Å²) in [6.07, 6.45) is 0. The van der Waals surface area contributed by atoms with Gasteiger partial charge >= 0.3 is 0 Å². The summed E-state index contributed by atoms with van der Waals surface area (Å²) < 4.78 is 25.6. The van der Waals surface area contributed by atoms with Gasteiger partial charge in [0.25, 0.3) is 0 Å². The Labute approximate surface area is 127 Å². The van der Waals surface area contributed by atoms with E-state index in [4.69, 9.17) is 0 Å². The van der Waals surface area contributed by atoms with E-state index in [1.54, 1.807) is 24.3 Å². The molecule has 0 fully saturated rings. The minimum absolute atomic E-state index is 0.265. The lowest BCUT2D eigenvalue weighted by molar-refractivity contribution is 0.588. The lowest BCUT2D eigenvalue weighted by Crippen LogP contribution is -2.18. The number of nitrogens with zero attached hydrogens (tertiary/aromatic N) is 1. The molecule has 0 radical (unpaired) electrons. The average molecular weight is 306 g/mol. The molecule has 0 atom stereocenters. The zero-order chi connectivity index (χ0) is 16.0. The number of aryl methyl sites for hydroxylation is 2. The predicted octanol–water partition coefficient (Wildman–Crippen LogP) is 3.30. The first-order valence-corrected chi connectivity index (χ1v) is 8.40. The fraction of sp³-hybridized carbons (Fsp3) is 0.312. The van der Waals surface area contributed by atoms with Crippen molar-refractivity contribution in [3.63, 3.8) is 0 Å². The summed E-state index contributed by atoms with van der Waals surface area (Å²) in [7, 11) is -1.97. The number of benzene rings is 1. The molecule has 1 aromatic carbocycles. The highest BCUT2D eigenvalue weighted by Gasteiger charge is 2.10. The molecule has 2 rings (SSSR count). The van der Waals surface area contributed by atoms with Crippen molar-refractivity contribution in [1.82, 2.24) is 9.71 Å². The molecule has 0 aliphatic carbocycles. The van der Waals surface area contributed by atoms with Crippen molar-refractivity contribution in [2.24, 2.45) is 0 Å². The molecule has 0 amide bonds. The highest BCUT2D eigenvalue weighted by atomic mass is 32.2. The molecule has 114 valence electrons. The van der Waals surface area contributed by atoms with Gasteiger partial charge in [-0.3, -0.25) is 4.98 Å². The van der Waals surface area contributed by atoms with E-state index in [-0.39, 0.29) is 4.90 Å². The molecule has 0 saturated carbocycles. The number of sulfonamides is 1. The average Bonchev–Trinajstić information content (AvgIpc) is 2.48. The Kier molecular flexibility index (Phi) is 6.05. The fourth-order valence-electron chi connectivity index (χ4n) is 1.95. The van der Waals surface area contributed by atoms with Crippen LogP contribution in [0, 0.1) is 13.8 Å². The molecule has 1 N–H and O–H groups in total. The normalized spacial score (nSPS) is 10.7. The van der Waals surface area contributed by atoms with E-state index in [9.17, 15) is 8.42 Å². The first-order valence-electron chi connectivity index (χ1n) is 6.91. The van der Waals surface area contributed by atoms with Crippen LogP contribution in [-0.4, -0.2) is 20.4 Å². The predicted molar refractivity (Wildman–Crippen MR) is 86.7 cm³/mol.